The Morgan fingerprint density at radius 1 is 1.27 bits per heavy atom. The van der Waals surface area contributed by atoms with Crippen molar-refractivity contribution in [2.45, 2.75) is 6.92 Å². The Kier molecular flexibility index (Phi) is 5.60. The maximum atomic E-state index is 11.7. The van der Waals surface area contributed by atoms with E-state index in [9.17, 15) is 4.79 Å². The van der Waals surface area contributed by atoms with Crippen molar-refractivity contribution in [3.05, 3.63) is 58.0 Å². The monoisotopic (exact) mass is 354 g/mol. The van der Waals surface area contributed by atoms with Crippen LogP contribution in [0.1, 0.15) is 11.5 Å². The van der Waals surface area contributed by atoms with Gasteiger partial charge in [0.15, 0.2) is 5.11 Å². The van der Waals surface area contributed by atoms with Crippen molar-refractivity contribution in [3.63, 3.8) is 0 Å². The number of nitrogens with one attached hydrogen (secondary N) is 2. The topological polar surface area (TPSA) is 54.3 Å². The van der Waals surface area contributed by atoms with Gasteiger partial charge in [0, 0.05) is 11.1 Å². The number of aryl methyl sites for hydroxylation is 1. The van der Waals surface area contributed by atoms with Crippen LogP contribution in [0.2, 0.25) is 10.0 Å². The standard InChI is InChI=1S/C15H12Cl2N2O2S/c1-9-2-4-11(21-9)5-7-14(20)19-15(22)18-13-6-3-10(16)8-12(13)17/h2-8H,1H3,(H2,18,19,20,22). The first-order valence-electron chi connectivity index (χ1n) is 6.25. The van der Waals surface area contributed by atoms with Crippen molar-refractivity contribution in [1.29, 1.82) is 0 Å². The summed E-state index contributed by atoms with van der Waals surface area (Å²) >= 11 is 16.9. The molecule has 4 nitrogen and oxygen atoms in total. The van der Waals surface area contributed by atoms with Gasteiger partial charge in [-0.2, -0.15) is 0 Å². The van der Waals surface area contributed by atoms with Crippen LogP contribution >= 0.6 is 35.4 Å². The number of amides is 1. The highest BCUT2D eigenvalue weighted by Gasteiger charge is 2.05. The normalized spacial score (nSPS) is 10.7. The Balaban J connectivity index is 1.91. The number of rotatable bonds is 3. The summed E-state index contributed by atoms with van der Waals surface area (Å²) in [6.07, 6.45) is 2.88. The van der Waals surface area contributed by atoms with Crippen LogP contribution < -0.4 is 10.6 Å². The molecular formula is C15H12Cl2N2O2S. The summed E-state index contributed by atoms with van der Waals surface area (Å²) in [4.78, 5) is 11.7. The maximum Gasteiger partial charge on any atom is 0.250 e. The first-order valence-corrected chi connectivity index (χ1v) is 7.42. The quantitative estimate of drug-likeness (QED) is 0.632. The number of thiocarbonyl (C=S) groups is 1. The number of carbonyl (C=O) groups is 1. The second-order valence-electron chi connectivity index (χ2n) is 4.35. The Morgan fingerprint density at radius 2 is 2.05 bits per heavy atom. The highest BCUT2D eigenvalue weighted by Crippen LogP contribution is 2.25. The molecule has 1 amide bonds. The first-order chi connectivity index (χ1) is 10.4. The minimum atomic E-state index is -0.378. The van der Waals surface area contributed by atoms with Crippen LogP contribution in [0.25, 0.3) is 6.08 Å². The van der Waals surface area contributed by atoms with Crippen molar-refractivity contribution in [3.8, 4) is 0 Å². The Labute approximate surface area is 143 Å². The molecule has 7 heteroatoms. The van der Waals surface area contributed by atoms with Gasteiger partial charge in [0.25, 0.3) is 0 Å². The van der Waals surface area contributed by atoms with E-state index < -0.39 is 0 Å². The molecule has 22 heavy (non-hydrogen) atoms. The molecule has 114 valence electrons. The molecule has 0 atom stereocenters. The minimum absolute atomic E-state index is 0.134. The van der Waals surface area contributed by atoms with Crippen molar-refractivity contribution in [2.24, 2.45) is 0 Å². The van der Waals surface area contributed by atoms with Gasteiger partial charge in [-0.3, -0.25) is 10.1 Å². The SMILES string of the molecule is Cc1ccc(C=CC(=O)NC(=S)Nc2ccc(Cl)cc2Cl)o1. The molecule has 1 aromatic heterocycles. The molecule has 1 aromatic carbocycles. The summed E-state index contributed by atoms with van der Waals surface area (Å²) < 4.78 is 5.32. The van der Waals surface area contributed by atoms with Gasteiger partial charge >= 0.3 is 0 Å². The van der Waals surface area contributed by atoms with Crippen LogP contribution in [0.5, 0.6) is 0 Å². The Hall–Kier alpha value is -1.82. The molecule has 0 radical (unpaired) electrons. The van der Waals surface area contributed by atoms with Gasteiger partial charge in [0.1, 0.15) is 11.5 Å². The Bertz CT molecular complexity index is 741. The van der Waals surface area contributed by atoms with Gasteiger partial charge in [-0.1, -0.05) is 23.2 Å². The summed E-state index contributed by atoms with van der Waals surface area (Å²) in [7, 11) is 0. The van der Waals surface area contributed by atoms with E-state index in [1.807, 2.05) is 13.0 Å². The Morgan fingerprint density at radius 3 is 2.68 bits per heavy atom. The summed E-state index contributed by atoms with van der Waals surface area (Å²) in [6.45, 7) is 1.83. The van der Waals surface area contributed by atoms with Gasteiger partial charge in [-0.05, 0) is 55.5 Å². The largest absolute Gasteiger partial charge is 0.462 e. The third-order valence-electron chi connectivity index (χ3n) is 2.58. The first kappa shape index (κ1) is 16.5. The molecule has 0 fully saturated rings. The van der Waals surface area contributed by atoms with E-state index in [1.165, 1.54) is 6.08 Å². The fourth-order valence-corrected chi connectivity index (χ4v) is 2.27. The molecular weight excluding hydrogens is 343 g/mol. The second-order valence-corrected chi connectivity index (χ2v) is 5.60. The van der Waals surface area contributed by atoms with Gasteiger partial charge in [0.05, 0.1) is 10.7 Å². The third-order valence-corrected chi connectivity index (χ3v) is 3.33. The molecule has 2 rings (SSSR count). The van der Waals surface area contributed by atoms with Crippen molar-refractivity contribution >= 4 is 58.2 Å². The molecule has 0 unspecified atom stereocenters. The molecule has 1 heterocycles. The molecule has 0 bridgehead atoms. The number of hydrogen-bond donors (Lipinski definition) is 2. The summed E-state index contributed by atoms with van der Waals surface area (Å²) in [5, 5.41) is 6.39. The van der Waals surface area contributed by atoms with E-state index in [1.54, 1.807) is 30.3 Å². The number of furan rings is 1. The molecule has 2 aromatic rings. The van der Waals surface area contributed by atoms with Gasteiger partial charge in [-0.25, -0.2) is 0 Å². The average Bonchev–Trinajstić information content (AvgIpc) is 2.85. The maximum absolute atomic E-state index is 11.7. The van der Waals surface area contributed by atoms with E-state index in [-0.39, 0.29) is 11.0 Å². The van der Waals surface area contributed by atoms with Crippen LogP contribution in [0.3, 0.4) is 0 Å². The molecule has 0 saturated carbocycles. The summed E-state index contributed by atoms with van der Waals surface area (Å²) in [6, 6.07) is 8.49. The predicted molar refractivity (Wildman–Crippen MR) is 93.3 cm³/mol. The number of anilines is 1. The molecule has 0 saturated heterocycles. The van der Waals surface area contributed by atoms with Crippen LogP contribution in [0, 0.1) is 6.92 Å². The zero-order chi connectivity index (χ0) is 16.1. The van der Waals surface area contributed by atoms with Crippen LogP contribution in [0.4, 0.5) is 5.69 Å². The van der Waals surface area contributed by atoms with E-state index in [0.29, 0.717) is 21.5 Å². The van der Waals surface area contributed by atoms with Crippen LogP contribution in [-0.2, 0) is 4.79 Å². The molecule has 2 N–H and O–H groups in total. The lowest BCUT2D eigenvalue weighted by atomic mass is 10.3. The van der Waals surface area contributed by atoms with Crippen molar-refractivity contribution in [2.75, 3.05) is 5.32 Å². The highest BCUT2D eigenvalue weighted by atomic mass is 35.5. The fraction of sp³-hybridized carbons (Fsp3) is 0.0667. The lowest BCUT2D eigenvalue weighted by molar-refractivity contribution is -0.115. The lowest BCUT2D eigenvalue weighted by Crippen LogP contribution is -2.32. The molecule has 0 aliphatic carbocycles. The number of benzene rings is 1. The van der Waals surface area contributed by atoms with Gasteiger partial charge in [0.2, 0.25) is 5.91 Å². The number of halogens is 2. The van der Waals surface area contributed by atoms with Gasteiger partial charge in [-0.15, -0.1) is 0 Å². The second kappa shape index (κ2) is 7.45. The van der Waals surface area contributed by atoms with Crippen LogP contribution in [-0.4, -0.2) is 11.0 Å². The fourth-order valence-electron chi connectivity index (χ4n) is 1.60. The average molecular weight is 355 g/mol. The number of hydrogen-bond acceptors (Lipinski definition) is 3. The highest BCUT2D eigenvalue weighted by molar-refractivity contribution is 7.80. The molecule has 0 aliphatic heterocycles. The zero-order valence-corrected chi connectivity index (χ0v) is 13.9. The smallest absolute Gasteiger partial charge is 0.250 e. The number of carbonyl (C=O) groups excluding carboxylic acids is 1. The zero-order valence-electron chi connectivity index (χ0n) is 11.5. The summed E-state index contributed by atoms with van der Waals surface area (Å²) in [5.74, 6) is 0.985. The van der Waals surface area contributed by atoms with Crippen molar-refractivity contribution in [1.82, 2.24) is 5.32 Å². The lowest BCUT2D eigenvalue weighted by Gasteiger charge is -2.09. The van der Waals surface area contributed by atoms with Gasteiger partial charge < -0.3 is 9.73 Å². The van der Waals surface area contributed by atoms with Crippen LogP contribution in [0.15, 0.2) is 40.8 Å². The summed E-state index contributed by atoms with van der Waals surface area (Å²) in [5.41, 5.74) is 0.557. The minimum Gasteiger partial charge on any atom is -0.462 e. The third kappa shape index (κ3) is 4.87. The molecule has 0 spiro atoms. The van der Waals surface area contributed by atoms with E-state index in [2.05, 4.69) is 10.6 Å². The van der Waals surface area contributed by atoms with Crippen molar-refractivity contribution < 1.29 is 9.21 Å². The van der Waals surface area contributed by atoms with E-state index >= 15 is 0 Å². The van der Waals surface area contributed by atoms with E-state index in [4.69, 9.17) is 39.8 Å². The predicted octanol–water partition coefficient (Wildman–Crippen LogP) is 4.42. The molecule has 0 aliphatic rings. The van der Waals surface area contributed by atoms with E-state index in [0.717, 1.165) is 5.76 Å².